The Bertz CT molecular complexity index is 821. The van der Waals surface area contributed by atoms with Gasteiger partial charge in [0.2, 0.25) is 0 Å². The number of aromatic nitrogens is 2. The van der Waals surface area contributed by atoms with Gasteiger partial charge in [-0.2, -0.15) is 0 Å². The molecule has 0 unspecified atom stereocenters. The van der Waals surface area contributed by atoms with E-state index in [1.807, 2.05) is 13.8 Å². The van der Waals surface area contributed by atoms with E-state index < -0.39 is 0 Å². The molecule has 0 radical (unpaired) electrons. The summed E-state index contributed by atoms with van der Waals surface area (Å²) in [7, 11) is 0. The summed E-state index contributed by atoms with van der Waals surface area (Å²) < 4.78 is 5.26. The quantitative estimate of drug-likeness (QED) is 0.696. The second kappa shape index (κ2) is 7.09. The van der Waals surface area contributed by atoms with E-state index in [0.717, 1.165) is 41.0 Å². The van der Waals surface area contributed by atoms with E-state index >= 15 is 0 Å². The highest BCUT2D eigenvalue weighted by Gasteiger charge is 2.13. The smallest absolute Gasteiger partial charge is 0.141 e. The van der Waals surface area contributed by atoms with Crippen molar-refractivity contribution in [1.29, 1.82) is 0 Å². The standard InChI is InChI=1S/C19H21N3OS/c1-12-18(13(2)23-22-12)16-10-15(19(20)21-11-16)7-4-14-5-8-17(24-3)9-6-14/h5-6,8-11H,4,7H2,1-3H3,(H2,20,21). The fourth-order valence-corrected chi connectivity index (χ4v) is 3.23. The van der Waals surface area contributed by atoms with Crippen molar-refractivity contribution >= 4 is 17.6 Å². The fourth-order valence-electron chi connectivity index (χ4n) is 2.82. The normalized spacial score (nSPS) is 11.0. The molecule has 0 aliphatic rings. The number of nitrogen functional groups attached to an aromatic ring is 1. The van der Waals surface area contributed by atoms with Crippen LogP contribution in [0, 0.1) is 13.8 Å². The third-order valence-corrected chi connectivity index (χ3v) is 4.91. The van der Waals surface area contributed by atoms with Gasteiger partial charge in [-0.25, -0.2) is 4.98 Å². The minimum atomic E-state index is 0.589. The molecule has 0 saturated carbocycles. The number of rotatable bonds is 5. The Kier molecular flexibility index (Phi) is 4.90. The van der Waals surface area contributed by atoms with Gasteiger partial charge in [-0.05, 0) is 62.3 Å². The number of pyridine rings is 1. The zero-order chi connectivity index (χ0) is 17.1. The van der Waals surface area contributed by atoms with Crippen molar-refractivity contribution in [3.8, 4) is 11.1 Å². The van der Waals surface area contributed by atoms with Crippen molar-refractivity contribution in [3.05, 3.63) is 59.1 Å². The topological polar surface area (TPSA) is 64.9 Å². The second-order valence-electron chi connectivity index (χ2n) is 5.82. The van der Waals surface area contributed by atoms with Gasteiger partial charge in [0.25, 0.3) is 0 Å². The highest BCUT2D eigenvalue weighted by atomic mass is 32.2. The minimum absolute atomic E-state index is 0.589. The zero-order valence-electron chi connectivity index (χ0n) is 14.2. The van der Waals surface area contributed by atoms with Gasteiger partial charge in [-0.15, -0.1) is 11.8 Å². The third-order valence-electron chi connectivity index (χ3n) is 4.17. The number of aryl methyl sites for hydroxylation is 4. The number of anilines is 1. The maximum atomic E-state index is 6.08. The van der Waals surface area contributed by atoms with Crippen LogP contribution in [0.4, 0.5) is 5.82 Å². The van der Waals surface area contributed by atoms with Crippen LogP contribution < -0.4 is 5.73 Å². The van der Waals surface area contributed by atoms with Crippen LogP contribution in [0.5, 0.6) is 0 Å². The lowest BCUT2D eigenvalue weighted by molar-refractivity contribution is 0.393. The maximum absolute atomic E-state index is 6.08. The lowest BCUT2D eigenvalue weighted by atomic mass is 10.0. The van der Waals surface area contributed by atoms with Crippen LogP contribution in [0.2, 0.25) is 0 Å². The maximum Gasteiger partial charge on any atom is 0.141 e. The number of thioether (sulfide) groups is 1. The largest absolute Gasteiger partial charge is 0.383 e. The summed E-state index contributed by atoms with van der Waals surface area (Å²) in [5.74, 6) is 1.39. The van der Waals surface area contributed by atoms with Gasteiger partial charge in [0.15, 0.2) is 0 Å². The number of hydrogen-bond donors (Lipinski definition) is 1. The van der Waals surface area contributed by atoms with Crippen LogP contribution >= 0.6 is 11.8 Å². The van der Waals surface area contributed by atoms with E-state index in [1.54, 1.807) is 18.0 Å². The SMILES string of the molecule is CSc1ccc(CCc2cc(-c3c(C)noc3C)cnc2N)cc1. The molecule has 4 nitrogen and oxygen atoms in total. The molecule has 0 aliphatic carbocycles. The molecular weight excluding hydrogens is 318 g/mol. The second-order valence-corrected chi connectivity index (χ2v) is 6.70. The number of nitrogens with two attached hydrogens (primary N) is 1. The Morgan fingerprint density at radius 3 is 2.50 bits per heavy atom. The van der Waals surface area contributed by atoms with Gasteiger partial charge >= 0.3 is 0 Å². The van der Waals surface area contributed by atoms with Gasteiger partial charge in [0.1, 0.15) is 11.6 Å². The number of nitrogens with zero attached hydrogens (tertiary/aromatic N) is 2. The molecule has 24 heavy (non-hydrogen) atoms. The molecule has 0 bridgehead atoms. The van der Waals surface area contributed by atoms with E-state index in [-0.39, 0.29) is 0 Å². The highest BCUT2D eigenvalue weighted by molar-refractivity contribution is 7.98. The van der Waals surface area contributed by atoms with Crippen LogP contribution in [0.15, 0.2) is 45.9 Å². The Hall–Kier alpha value is -2.27. The average molecular weight is 339 g/mol. The Morgan fingerprint density at radius 2 is 1.88 bits per heavy atom. The molecule has 0 atom stereocenters. The molecule has 5 heteroatoms. The molecule has 1 aromatic carbocycles. The van der Waals surface area contributed by atoms with Gasteiger partial charge < -0.3 is 10.3 Å². The monoisotopic (exact) mass is 339 g/mol. The van der Waals surface area contributed by atoms with Crippen molar-refractivity contribution in [2.45, 2.75) is 31.6 Å². The summed E-state index contributed by atoms with van der Waals surface area (Å²) in [6.07, 6.45) is 5.67. The zero-order valence-corrected chi connectivity index (χ0v) is 15.0. The molecule has 0 amide bonds. The summed E-state index contributed by atoms with van der Waals surface area (Å²) >= 11 is 1.75. The number of hydrogen-bond acceptors (Lipinski definition) is 5. The first kappa shape index (κ1) is 16.6. The van der Waals surface area contributed by atoms with Gasteiger partial charge in [-0.3, -0.25) is 0 Å². The molecule has 3 aromatic rings. The Labute approximate surface area is 146 Å². The molecule has 124 valence electrons. The van der Waals surface area contributed by atoms with E-state index in [1.165, 1.54) is 10.5 Å². The van der Waals surface area contributed by atoms with Gasteiger partial charge in [0, 0.05) is 22.2 Å². The van der Waals surface area contributed by atoms with Crippen molar-refractivity contribution < 1.29 is 4.52 Å². The Morgan fingerprint density at radius 1 is 1.12 bits per heavy atom. The molecule has 0 fully saturated rings. The molecule has 3 rings (SSSR count). The lowest BCUT2D eigenvalue weighted by Crippen LogP contribution is -2.01. The van der Waals surface area contributed by atoms with Crippen LogP contribution in [-0.2, 0) is 12.8 Å². The van der Waals surface area contributed by atoms with Gasteiger partial charge in [0.05, 0.1) is 5.69 Å². The molecule has 0 spiro atoms. The summed E-state index contributed by atoms with van der Waals surface area (Å²) in [6, 6.07) is 10.8. The molecule has 2 N–H and O–H groups in total. The van der Waals surface area contributed by atoms with Crippen LogP contribution in [0.25, 0.3) is 11.1 Å². The van der Waals surface area contributed by atoms with Crippen molar-refractivity contribution in [3.63, 3.8) is 0 Å². The first-order chi connectivity index (χ1) is 11.6. The van der Waals surface area contributed by atoms with Crippen molar-refractivity contribution in [1.82, 2.24) is 10.1 Å². The van der Waals surface area contributed by atoms with Crippen LogP contribution in [-0.4, -0.2) is 16.4 Å². The summed E-state index contributed by atoms with van der Waals surface area (Å²) in [4.78, 5) is 5.64. The first-order valence-electron chi connectivity index (χ1n) is 7.89. The minimum Gasteiger partial charge on any atom is -0.383 e. The molecule has 0 saturated heterocycles. The molecule has 0 aliphatic heterocycles. The molecule has 2 heterocycles. The Balaban J connectivity index is 1.81. The molecular formula is C19H21N3OS. The van der Waals surface area contributed by atoms with Crippen LogP contribution in [0.3, 0.4) is 0 Å². The number of benzene rings is 1. The van der Waals surface area contributed by atoms with Crippen molar-refractivity contribution in [2.75, 3.05) is 12.0 Å². The first-order valence-corrected chi connectivity index (χ1v) is 9.11. The van der Waals surface area contributed by atoms with Crippen molar-refractivity contribution in [2.24, 2.45) is 0 Å². The predicted molar refractivity (Wildman–Crippen MR) is 99.3 cm³/mol. The summed E-state index contributed by atoms with van der Waals surface area (Å²) in [5.41, 5.74) is 11.3. The fraction of sp³-hybridized carbons (Fsp3) is 0.263. The summed E-state index contributed by atoms with van der Waals surface area (Å²) in [6.45, 7) is 3.85. The van der Waals surface area contributed by atoms with Crippen LogP contribution in [0.1, 0.15) is 22.6 Å². The van der Waals surface area contributed by atoms with E-state index in [2.05, 4.69) is 46.7 Å². The lowest BCUT2D eigenvalue weighted by Gasteiger charge is -2.08. The molecule has 2 aromatic heterocycles. The highest BCUT2D eigenvalue weighted by Crippen LogP contribution is 2.28. The summed E-state index contributed by atoms with van der Waals surface area (Å²) in [5, 5.41) is 4.02. The van der Waals surface area contributed by atoms with E-state index in [4.69, 9.17) is 10.3 Å². The third kappa shape index (κ3) is 3.46. The van der Waals surface area contributed by atoms with E-state index in [0.29, 0.717) is 5.82 Å². The van der Waals surface area contributed by atoms with Gasteiger partial charge in [-0.1, -0.05) is 17.3 Å². The van der Waals surface area contributed by atoms with E-state index in [9.17, 15) is 0 Å². The predicted octanol–water partition coefficient (Wildman–Crippen LogP) is 4.44. The average Bonchev–Trinajstić information content (AvgIpc) is 2.93.